The van der Waals surface area contributed by atoms with E-state index in [9.17, 15) is 0 Å². The Hall–Kier alpha value is -0.610. The first-order valence-corrected chi connectivity index (χ1v) is 6.87. The van der Waals surface area contributed by atoms with Gasteiger partial charge in [-0.15, -0.1) is 11.3 Å². The van der Waals surface area contributed by atoms with Crippen LogP contribution in [0.4, 0.5) is 5.13 Å². The lowest BCUT2D eigenvalue weighted by molar-refractivity contribution is 0.651. The Morgan fingerprint density at radius 3 is 2.75 bits per heavy atom. The van der Waals surface area contributed by atoms with E-state index in [-0.39, 0.29) is 0 Å². The van der Waals surface area contributed by atoms with Crippen LogP contribution in [0.25, 0.3) is 0 Å². The monoisotopic (exact) mass is 239 g/mol. The third-order valence-corrected chi connectivity index (χ3v) is 4.64. The maximum Gasteiger partial charge on any atom is 0.185 e. The van der Waals surface area contributed by atoms with Crippen molar-refractivity contribution in [3.8, 4) is 0 Å². The molecule has 0 spiro atoms. The van der Waals surface area contributed by atoms with Crippen molar-refractivity contribution in [2.45, 2.75) is 45.2 Å². The quantitative estimate of drug-likeness (QED) is 0.875. The van der Waals surface area contributed by atoms with Crippen LogP contribution >= 0.6 is 11.3 Å². The molecule has 16 heavy (non-hydrogen) atoms. The summed E-state index contributed by atoms with van der Waals surface area (Å²) in [5.41, 5.74) is 1.18. The van der Waals surface area contributed by atoms with E-state index in [4.69, 9.17) is 0 Å². The SMILES string of the molecule is CNCc1sc(N(C)C2CCCC2)nc1C. The molecule has 0 bridgehead atoms. The molecule has 0 unspecified atom stereocenters. The number of hydrogen-bond acceptors (Lipinski definition) is 4. The Bertz CT molecular complexity index is 342. The van der Waals surface area contributed by atoms with E-state index in [2.05, 4.69) is 29.2 Å². The second-order valence-electron chi connectivity index (χ2n) is 4.58. The molecule has 2 rings (SSSR count). The molecule has 0 atom stereocenters. The molecule has 0 aromatic carbocycles. The van der Waals surface area contributed by atoms with Gasteiger partial charge in [0.1, 0.15) is 0 Å². The van der Waals surface area contributed by atoms with Gasteiger partial charge in [0.2, 0.25) is 0 Å². The molecule has 1 aromatic rings. The molecule has 1 fully saturated rings. The number of thiazole rings is 1. The molecule has 3 nitrogen and oxygen atoms in total. The fraction of sp³-hybridized carbons (Fsp3) is 0.750. The molecule has 0 amide bonds. The molecular formula is C12H21N3S. The van der Waals surface area contributed by atoms with Gasteiger partial charge >= 0.3 is 0 Å². The number of nitrogens with one attached hydrogen (secondary N) is 1. The lowest BCUT2D eigenvalue weighted by atomic mass is 10.2. The summed E-state index contributed by atoms with van der Waals surface area (Å²) in [6.07, 6.45) is 5.42. The van der Waals surface area contributed by atoms with Gasteiger partial charge in [-0.25, -0.2) is 4.98 Å². The number of hydrogen-bond donors (Lipinski definition) is 1. The highest BCUT2D eigenvalue weighted by Gasteiger charge is 2.22. The van der Waals surface area contributed by atoms with Crippen LogP contribution in [0.1, 0.15) is 36.3 Å². The first kappa shape index (κ1) is 11.9. The molecule has 0 radical (unpaired) electrons. The Labute approximate surface area is 102 Å². The summed E-state index contributed by atoms with van der Waals surface area (Å²) in [6, 6.07) is 0.716. The van der Waals surface area contributed by atoms with Gasteiger partial charge in [0.05, 0.1) is 5.69 Å². The normalized spacial score (nSPS) is 16.9. The molecule has 4 heteroatoms. The van der Waals surface area contributed by atoms with E-state index < -0.39 is 0 Å². The van der Waals surface area contributed by atoms with Crippen molar-refractivity contribution in [3.63, 3.8) is 0 Å². The van der Waals surface area contributed by atoms with Gasteiger partial charge < -0.3 is 10.2 Å². The minimum atomic E-state index is 0.716. The minimum absolute atomic E-state index is 0.716. The van der Waals surface area contributed by atoms with E-state index in [0.717, 1.165) is 6.54 Å². The first-order chi connectivity index (χ1) is 7.72. The molecule has 1 heterocycles. The molecule has 0 aliphatic heterocycles. The lowest BCUT2D eigenvalue weighted by Gasteiger charge is -2.23. The van der Waals surface area contributed by atoms with Crippen LogP contribution < -0.4 is 10.2 Å². The zero-order chi connectivity index (χ0) is 11.5. The third-order valence-electron chi connectivity index (χ3n) is 3.39. The van der Waals surface area contributed by atoms with E-state index in [0.29, 0.717) is 6.04 Å². The molecule has 1 aliphatic carbocycles. The zero-order valence-corrected chi connectivity index (χ0v) is 11.2. The van der Waals surface area contributed by atoms with Crippen molar-refractivity contribution in [1.82, 2.24) is 10.3 Å². The van der Waals surface area contributed by atoms with Gasteiger partial charge in [0.15, 0.2) is 5.13 Å². The Kier molecular flexibility index (Phi) is 3.82. The molecule has 1 N–H and O–H groups in total. The Morgan fingerprint density at radius 2 is 2.12 bits per heavy atom. The van der Waals surface area contributed by atoms with Crippen LogP contribution in [0.2, 0.25) is 0 Å². The second kappa shape index (κ2) is 5.15. The molecule has 1 aliphatic rings. The van der Waals surface area contributed by atoms with Crippen molar-refractivity contribution in [1.29, 1.82) is 0 Å². The second-order valence-corrected chi connectivity index (χ2v) is 5.65. The van der Waals surface area contributed by atoms with Gasteiger partial charge in [-0.1, -0.05) is 12.8 Å². The average molecular weight is 239 g/mol. The average Bonchev–Trinajstić information content (AvgIpc) is 2.88. The molecule has 1 saturated carbocycles. The van der Waals surface area contributed by atoms with Crippen molar-refractivity contribution < 1.29 is 0 Å². The Balaban J connectivity index is 2.10. The number of anilines is 1. The van der Waals surface area contributed by atoms with Crippen LogP contribution in [-0.4, -0.2) is 25.1 Å². The number of nitrogens with zero attached hydrogens (tertiary/aromatic N) is 2. The summed E-state index contributed by atoms with van der Waals surface area (Å²) in [5.74, 6) is 0. The predicted octanol–water partition coefficient (Wildman–Crippen LogP) is 2.55. The highest BCUT2D eigenvalue weighted by atomic mass is 32.1. The van der Waals surface area contributed by atoms with Crippen molar-refractivity contribution in [2.75, 3.05) is 19.0 Å². The fourth-order valence-electron chi connectivity index (χ4n) is 2.34. The van der Waals surface area contributed by atoms with Crippen molar-refractivity contribution in [3.05, 3.63) is 10.6 Å². The highest BCUT2D eigenvalue weighted by molar-refractivity contribution is 7.15. The van der Waals surface area contributed by atoms with Gasteiger partial charge in [-0.2, -0.15) is 0 Å². The maximum absolute atomic E-state index is 4.68. The first-order valence-electron chi connectivity index (χ1n) is 6.06. The summed E-state index contributed by atoms with van der Waals surface area (Å²) in [4.78, 5) is 8.42. The summed E-state index contributed by atoms with van der Waals surface area (Å²) in [5, 5.41) is 4.39. The van der Waals surface area contributed by atoms with Crippen LogP contribution in [0, 0.1) is 6.92 Å². The summed E-state index contributed by atoms with van der Waals surface area (Å²) >= 11 is 1.83. The molecule has 1 aromatic heterocycles. The van der Waals surface area contributed by atoms with E-state index in [1.807, 2.05) is 18.4 Å². The molecular weight excluding hydrogens is 218 g/mol. The van der Waals surface area contributed by atoms with Gasteiger partial charge in [-0.3, -0.25) is 0 Å². The highest BCUT2D eigenvalue weighted by Crippen LogP contribution is 2.31. The third kappa shape index (κ3) is 2.38. The van der Waals surface area contributed by atoms with Crippen LogP contribution in [-0.2, 0) is 6.54 Å². The standard InChI is InChI=1S/C12H21N3S/c1-9-11(8-13-2)16-12(14-9)15(3)10-6-4-5-7-10/h10,13H,4-8H2,1-3H3. The van der Waals surface area contributed by atoms with Crippen molar-refractivity contribution >= 4 is 16.5 Å². The fourth-order valence-corrected chi connectivity index (χ4v) is 3.44. The molecule has 90 valence electrons. The van der Waals surface area contributed by atoms with E-state index >= 15 is 0 Å². The maximum atomic E-state index is 4.68. The van der Waals surface area contributed by atoms with Crippen LogP contribution in [0.3, 0.4) is 0 Å². The summed E-state index contributed by atoms with van der Waals surface area (Å²) in [7, 11) is 4.18. The number of aromatic nitrogens is 1. The molecule has 0 saturated heterocycles. The van der Waals surface area contributed by atoms with Crippen LogP contribution in [0.5, 0.6) is 0 Å². The number of rotatable bonds is 4. The minimum Gasteiger partial charge on any atom is -0.348 e. The van der Waals surface area contributed by atoms with Gasteiger partial charge in [0, 0.05) is 24.5 Å². The smallest absolute Gasteiger partial charge is 0.185 e. The number of aryl methyl sites for hydroxylation is 1. The topological polar surface area (TPSA) is 28.2 Å². The van der Waals surface area contributed by atoms with E-state index in [1.54, 1.807) is 0 Å². The largest absolute Gasteiger partial charge is 0.348 e. The van der Waals surface area contributed by atoms with E-state index in [1.165, 1.54) is 41.4 Å². The summed E-state index contributed by atoms with van der Waals surface area (Å²) < 4.78 is 0. The predicted molar refractivity (Wildman–Crippen MR) is 70.3 cm³/mol. The van der Waals surface area contributed by atoms with Crippen LogP contribution in [0.15, 0.2) is 0 Å². The lowest BCUT2D eigenvalue weighted by Crippen LogP contribution is -2.28. The van der Waals surface area contributed by atoms with Gasteiger partial charge in [0.25, 0.3) is 0 Å². The Morgan fingerprint density at radius 1 is 1.44 bits per heavy atom. The summed E-state index contributed by atoms with van der Waals surface area (Å²) in [6.45, 7) is 3.04. The van der Waals surface area contributed by atoms with Gasteiger partial charge in [-0.05, 0) is 26.8 Å². The van der Waals surface area contributed by atoms with Crippen molar-refractivity contribution in [2.24, 2.45) is 0 Å². The zero-order valence-electron chi connectivity index (χ0n) is 10.4.